The highest BCUT2D eigenvalue weighted by atomic mass is 35.5. The molecule has 3 N–H and O–H groups in total. The maximum Gasteiger partial charge on any atom is 0.225 e. The Morgan fingerprint density at radius 3 is 2.59 bits per heavy atom. The van der Waals surface area contributed by atoms with Crippen molar-refractivity contribution in [3.8, 4) is 0 Å². The van der Waals surface area contributed by atoms with Gasteiger partial charge in [-0.05, 0) is 19.4 Å². The monoisotopic (exact) mass is 325 g/mol. The number of benzene rings is 1. The summed E-state index contributed by atoms with van der Waals surface area (Å²) in [5.41, 5.74) is 6.48. The number of amides is 2. The van der Waals surface area contributed by atoms with E-state index >= 15 is 0 Å². The van der Waals surface area contributed by atoms with Crippen molar-refractivity contribution in [3.63, 3.8) is 0 Å². The minimum Gasteiger partial charge on any atom is -0.354 e. The number of nitrogens with zero attached hydrogens (tertiary/aromatic N) is 1. The minimum absolute atomic E-state index is 0. The van der Waals surface area contributed by atoms with Gasteiger partial charge in [-0.25, -0.2) is 0 Å². The standard InChI is InChI=1S/C16H23N3O2.ClH/c1-16(2,17)11-18-15(21)13-8-14(20)19(10-13)9-12-6-4-3-5-7-12;/h3-7,13H,8-11,17H2,1-2H3,(H,18,21);1H. The van der Waals surface area contributed by atoms with E-state index in [4.69, 9.17) is 5.73 Å². The SMILES string of the molecule is CC(C)(N)CNC(=O)C1CC(=O)N(Cc2ccccc2)C1.Cl. The molecule has 0 saturated carbocycles. The van der Waals surface area contributed by atoms with Crippen LogP contribution in [0.25, 0.3) is 0 Å². The molecule has 6 heteroatoms. The first-order valence-corrected chi connectivity index (χ1v) is 7.23. The Hall–Kier alpha value is -1.59. The molecule has 1 aliphatic rings. The number of carbonyl (C=O) groups is 2. The van der Waals surface area contributed by atoms with Crippen LogP contribution in [-0.4, -0.2) is 35.3 Å². The zero-order valence-corrected chi connectivity index (χ0v) is 13.9. The van der Waals surface area contributed by atoms with E-state index in [0.717, 1.165) is 5.56 Å². The zero-order valence-electron chi connectivity index (χ0n) is 13.0. The van der Waals surface area contributed by atoms with Gasteiger partial charge in [-0.1, -0.05) is 30.3 Å². The fourth-order valence-electron chi connectivity index (χ4n) is 2.36. The Balaban J connectivity index is 0.00000242. The van der Waals surface area contributed by atoms with Crippen molar-refractivity contribution in [2.24, 2.45) is 11.7 Å². The van der Waals surface area contributed by atoms with Crippen molar-refractivity contribution in [2.75, 3.05) is 13.1 Å². The van der Waals surface area contributed by atoms with Gasteiger partial charge in [0, 0.05) is 31.6 Å². The van der Waals surface area contributed by atoms with Gasteiger partial charge < -0.3 is 16.0 Å². The minimum atomic E-state index is -0.442. The van der Waals surface area contributed by atoms with E-state index < -0.39 is 5.54 Å². The Morgan fingerprint density at radius 1 is 1.36 bits per heavy atom. The van der Waals surface area contributed by atoms with E-state index in [2.05, 4.69) is 5.32 Å². The first kappa shape index (κ1) is 18.5. The molecule has 1 saturated heterocycles. The number of carbonyl (C=O) groups excluding carboxylic acids is 2. The van der Waals surface area contributed by atoms with Crippen molar-refractivity contribution in [1.29, 1.82) is 0 Å². The topological polar surface area (TPSA) is 75.4 Å². The van der Waals surface area contributed by atoms with Crippen molar-refractivity contribution in [3.05, 3.63) is 35.9 Å². The number of nitrogens with two attached hydrogens (primary N) is 1. The molecule has 5 nitrogen and oxygen atoms in total. The van der Waals surface area contributed by atoms with Crippen LogP contribution in [-0.2, 0) is 16.1 Å². The summed E-state index contributed by atoms with van der Waals surface area (Å²) in [5.74, 6) is -0.327. The van der Waals surface area contributed by atoms with Crippen LogP contribution < -0.4 is 11.1 Å². The van der Waals surface area contributed by atoms with E-state index in [-0.39, 0.29) is 36.6 Å². The lowest BCUT2D eigenvalue weighted by Gasteiger charge is -2.20. The van der Waals surface area contributed by atoms with Crippen molar-refractivity contribution in [1.82, 2.24) is 10.2 Å². The smallest absolute Gasteiger partial charge is 0.225 e. The van der Waals surface area contributed by atoms with Crippen molar-refractivity contribution >= 4 is 24.2 Å². The fourth-order valence-corrected chi connectivity index (χ4v) is 2.36. The molecule has 0 spiro atoms. The Bertz CT molecular complexity index is 514. The van der Waals surface area contributed by atoms with E-state index in [1.807, 2.05) is 44.2 Å². The van der Waals surface area contributed by atoms with Crippen LogP contribution in [0.4, 0.5) is 0 Å². The van der Waals surface area contributed by atoms with Crippen LogP contribution in [0.15, 0.2) is 30.3 Å². The van der Waals surface area contributed by atoms with E-state index in [9.17, 15) is 9.59 Å². The van der Waals surface area contributed by atoms with Crippen LogP contribution in [0.2, 0.25) is 0 Å². The second kappa shape index (κ2) is 7.61. The number of hydrogen-bond donors (Lipinski definition) is 2. The maximum absolute atomic E-state index is 12.1. The molecule has 22 heavy (non-hydrogen) atoms. The number of likely N-dealkylation sites (tertiary alicyclic amines) is 1. The first-order chi connectivity index (χ1) is 9.85. The number of rotatable bonds is 5. The van der Waals surface area contributed by atoms with Crippen LogP contribution in [0.3, 0.4) is 0 Å². The highest BCUT2D eigenvalue weighted by molar-refractivity contribution is 5.89. The Morgan fingerprint density at radius 2 is 2.00 bits per heavy atom. The molecule has 1 heterocycles. The van der Waals surface area contributed by atoms with Gasteiger partial charge in [0.05, 0.1) is 5.92 Å². The quantitative estimate of drug-likeness (QED) is 0.857. The van der Waals surface area contributed by atoms with Gasteiger partial charge in [0.25, 0.3) is 0 Å². The van der Waals surface area contributed by atoms with Gasteiger partial charge in [-0.3, -0.25) is 9.59 Å². The molecule has 0 aliphatic carbocycles. The van der Waals surface area contributed by atoms with Crippen LogP contribution in [0.1, 0.15) is 25.8 Å². The van der Waals surface area contributed by atoms with E-state index in [1.165, 1.54) is 0 Å². The number of hydrogen-bond acceptors (Lipinski definition) is 3. The summed E-state index contributed by atoms with van der Waals surface area (Å²) in [6.07, 6.45) is 0.281. The van der Waals surface area contributed by atoms with Crippen LogP contribution >= 0.6 is 12.4 Å². The largest absolute Gasteiger partial charge is 0.354 e. The third-order valence-corrected chi connectivity index (χ3v) is 3.52. The predicted molar refractivity (Wildman–Crippen MR) is 88.5 cm³/mol. The third-order valence-electron chi connectivity index (χ3n) is 3.52. The molecular weight excluding hydrogens is 302 g/mol. The van der Waals surface area contributed by atoms with Crippen molar-refractivity contribution in [2.45, 2.75) is 32.4 Å². The highest BCUT2D eigenvalue weighted by Crippen LogP contribution is 2.20. The molecular formula is C16H24ClN3O2. The second-order valence-electron chi connectivity index (χ2n) is 6.37. The van der Waals surface area contributed by atoms with E-state index in [0.29, 0.717) is 19.6 Å². The molecule has 0 aromatic heterocycles. The average Bonchev–Trinajstić information content (AvgIpc) is 2.78. The van der Waals surface area contributed by atoms with Gasteiger partial charge in [-0.15, -0.1) is 12.4 Å². The summed E-state index contributed by atoms with van der Waals surface area (Å²) in [7, 11) is 0. The lowest BCUT2D eigenvalue weighted by Crippen LogP contribution is -2.46. The summed E-state index contributed by atoms with van der Waals surface area (Å²) < 4.78 is 0. The van der Waals surface area contributed by atoms with Gasteiger partial charge >= 0.3 is 0 Å². The molecule has 1 unspecified atom stereocenters. The third kappa shape index (κ3) is 5.31. The molecule has 1 aromatic rings. The van der Waals surface area contributed by atoms with E-state index in [1.54, 1.807) is 4.90 Å². The summed E-state index contributed by atoms with van der Waals surface area (Å²) >= 11 is 0. The van der Waals surface area contributed by atoms with Gasteiger partial charge in [0.2, 0.25) is 11.8 Å². The van der Waals surface area contributed by atoms with Gasteiger partial charge in [-0.2, -0.15) is 0 Å². The molecule has 1 aromatic carbocycles. The average molecular weight is 326 g/mol. The highest BCUT2D eigenvalue weighted by Gasteiger charge is 2.34. The number of halogens is 1. The maximum atomic E-state index is 12.1. The summed E-state index contributed by atoms with van der Waals surface area (Å²) in [5, 5.41) is 2.83. The normalized spacial score (nSPS) is 18.0. The summed E-state index contributed by atoms with van der Waals surface area (Å²) in [4.78, 5) is 25.8. The molecule has 0 radical (unpaired) electrons. The molecule has 0 bridgehead atoms. The number of nitrogens with one attached hydrogen (secondary N) is 1. The molecule has 1 aliphatic heterocycles. The summed E-state index contributed by atoms with van der Waals surface area (Å²) in [6.45, 7) is 5.16. The van der Waals surface area contributed by atoms with Crippen LogP contribution in [0, 0.1) is 5.92 Å². The molecule has 1 fully saturated rings. The van der Waals surface area contributed by atoms with Crippen molar-refractivity contribution < 1.29 is 9.59 Å². The lowest BCUT2D eigenvalue weighted by molar-refractivity contribution is -0.129. The van der Waals surface area contributed by atoms with Gasteiger partial charge in [0.15, 0.2) is 0 Å². The zero-order chi connectivity index (χ0) is 15.5. The molecule has 1 atom stereocenters. The van der Waals surface area contributed by atoms with Crippen LogP contribution in [0.5, 0.6) is 0 Å². The first-order valence-electron chi connectivity index (χ1n) is 7.23. The lowest BCUT2D eigenvalue weighted by atomic mass is 10.1. The molecule has 122 valence electrons. The molecule has 2 amide bonds. The van der Waals surface area contributed by atoms with Gasteiger partial charge in [0.1, 0.15) is 0 Å². The Labute approximate surface area is 137 Å². The second-order valence-corrected chi connectivity index (χ2v) is 6.37. The Kier molecular flexibility index (Phi) is 6.38. The predicted octanol–water partition coefficient (Wildman–Crippen LogP) is 1.31. The fraction of sp³-hybridized carbons (Fsp3) is 0.500. The summed E-state index contributed by atoms with van der Waals surface area (Å²) in [6, 6.07) is 9.81. The molecule has 2 rings (SSSR count).